The lowest BCUT2D eigenvalue weighted by Crippen LogP contribution is -2.40. The number of carbonyl (C=O) groups excluding carboxylic acids is 1. The van der Waals surface area contributed by atoms with E-state index in [2.05, 4.69) is 18.9 Å². The maximum atomic E-state index is 12.8. The van der Waals surface area contributed by atoms with Crippen LogP contribution in [-0.2, 0) is 4.79 Å². The van der Waals surface area contributed by atoms with E-state index in [1.165, 1.54) is 0 Å². The maximum Gasteiger partial charge on any atom is 0.311 e. The Labute approximate surface area is 143 Å². The van der Waals surface area contributed by atoms with Crippen molar-refractivity contribution in [2.75, 3.05) is 13.1 Å². The van der Waals surface area contributed by atoms with Crippen molar-refractivity contribution in [1.29, 1.82) is 0 Å². The van der Waals surface area contributed by atoms with Crippen molar-refractivity contribution in [3.8, 4) is 0 Å². The predicted molar refractivity (Wildman–Crippen MR) is 92.0 cm³/mol. The Bertz CT molecular complexity index is 619. The summed E-state index contributed by atoms with van der Waals surface area (Å²) in [5.74, 6) is -0.991. The highest BCUT2D eigenvalue weighted by Crippen LogP contribution is 2.38. The van der Waals surface area contributed by atoms with Crippen LogP contribution >= 0.6 is 0 Å². The number of nitrogens with zero attached hydrogens (tertiary/aromatic N) is 3. The number of hydrogen-bond acceptors (Lipinski definition) is 3. The van der Waals surface area contributed by atoms with Crippen molar-refractivity contribution in [1.82, 2.24) is 14.7 Å². The molecule has 24 heavy (non-hydrogen) atoms. The van der Waals surface area contributed by atoms with E-state index >= 15 is 0 Å². The van der Waals surface area contributed by atoms with Gasteiger partial charge in [0.15, 0.2) is 5.69 Å². The standard InChI is InChI=1S/C18H29N3O3/c1-6-14(7-2)21-13(5)10-15(19-21)16(22)20-9-8-18(11-20,12(3)4)17(23)24/h10,12,14H,6-9,11H2,1-5H3,(H,23,24). The largest absolute Gasteiger partial charge is 0.481 e. The van der Waals surface area contributed by atoms with Crippen LogP contribution in [0.2, 0.25) is 0 Å². The van der Waals surface area contributed by atoms with Crippen molar-refractivity contribution in [3.05, 3.63) is 17.5 Å². The maximum absolute atomic E-state index is 12.8. The number of carbonyl (C=O) groups is 2. The lowest BCUT2D eigenvalue weighted by Gasteiger charge is -2.28. The first kappa shape index (κ1) is 18.5. The Hall–Kier alpha value is -1.85. The second kappa shape index (κ2) is 6.95. The van der Waals surface area contributed by atoms with E-state index in [4.69, 9.17) is 0 Å². The molecule has 2 rings (SSSR count). The van der Waals surface area contributed by atoms with Crippen LogP contribution in [0.15, 0.2) is 6.07 Å². The van der Waals surface area contributed by atoms with E-state index in [0.29, 0.717) is 24.7 Å². The zero-order valence-electron chi connectivity index (χ0n) is 15.4. The molecule has 134 valence electrons. The Morgan fingerprint density at radius 1 is 1.33 bits per heavy atom. The van der Waals surface area contributed by atoms with Gasteiger partial charge in [0.05, 0.1) is 11.5 Å². The molecule has 0 radical (unpaired) electrons. The molecule has 1 fully saturated rings. The first-order chi connectivity index (χ1) is 11.3. The van der Waals surface area contributed by atoms with Gasteiger partial charge < -0.3 is 10.0 Å². The van der Waals surface area contributed by atoms with Gasteiger partial charge in [0, 0.05) is 18.8 Å². The zero-order valence-corrected chi connectivity index (χ0v) is 15.4. The fourth-order valence-electron chi connectivity index (χ4n) is 3.66. The average molecular weight is 335 g/mol. The second-order valence-electron chi connectivity index (χ2n) is 7.18. The van der Waals surface area contributed by atoms with Gasteiger partial charge in [0.2, 0.25) is 0 Å². The van der Waals surface area contributed by atoms with E-state index in [9.17, 15) is 14.7 Å². The third kappa shape index (κ3) is 3.06. The minimum atomic E-state index is -0.845. The summed E-state index contributed by atoms with van der Waals surface area (Å²) in [5.41, 5.74) is 0.548. The van der Waals surface area contributed by atoms with Crippen LogP contribution in [0.3, 0.4) is 0 Å². The molecule has 6 heteroatoms. The molecule has 1 aliphatic rings. The third-order valence-corrected chi connectivity index (χ3v) is 5.55. The molecule has 1 N–H and O–H groups in total. The molecule has 0 aromatic carbocycles. The lowest BCUT2D eigenvalue weighted by molar-refractivity contribution is -0.150. The topological polar surface area (TPSA) is 75.4 Å². The Balaban J connectivity index is 2.22. The molecule has 0 bridgehead atoms. The minimum absolute atomic E-state index is 0.0170. The fraction of sp³-hybridized carbons (Fsp3) is 0.722. The van der Waals surface area contributed by atoms with Crippen molar-refractivity contribution >= 4 is 11.9 Å². The molecular formula is C18H29N3O3. The summed E-state index contributed by atoms with van der Waals surface area (Å²) < 4.78 is 1.93. The molecule has 0 saturated carbocycles. The van der Waals surface area contributed by atoms with Crippen molar-refractivity contribution in [2.45, 2.75) is 59.9 Å². The van der Waals surface area contributed by atoms with Crippen LogP contribution in [-0.4, -0.2) is 44.8 Å². The molecule has 2 heterocycles. The van der Waals surface area contributed by atoms with Gasteiger partial charge in [-0.05, 0) is 38.2 Å². The van der Waals surface area contributed by atoms with Crippen LogP contribution in [0.5, 0.6) is 0 Å². The Kier molecular flexibility index (Phi) is 5.35. The number of rotatable bonds is 6. The zero-order chi connectivity index (χ0) is 18.1. The molecular weight excluding hydrogens is 306 g/mol. The van der Waals surface area contributed by atoms with Gasteiger partial charge in [-0.1, -0.05) is 27.7 Å². The number of amides is 1. The van der Waals surface area contributed by atoms with E-state index in [0.717, 1.165) is 18.5 Å². The number of hydrogen-bond donors (Lipinski definition) is 1. The molecule has 6 nitrogen and oxygen atoms in total. The first-order valence-electron chi connectivity index (χ1n) is 8.85. The van der Waals surface area contributed by atoms with Gasteiger partial charge in [-0.15, -0.1) is 0 Å². The average Bonchev–Trinajstić information content (AvgIpc) is 3.14. The van der Waals surface area contributed by atoms with E-state index in [-0.39, 0.29) is 18.4 Å². The summed E-state index contributed by atoms with van der Waals surface area (Å²) in [4.78, 5) is 26.2. The highest BCUT2D eigenvalue weighted by Gasteiger charge is 2.48. The fourth-order valence-corrected chi connectivity index (χ4v) is 3.66. The lowest BCUT2D eigenvalue weighted by atomic mass is 9.76. The third-order valence-electron chi connectivity index (χ3n) is 5.55. The van der Waals surface area contributed by atoms with Gasteiger partial charge in [-0.3, -0.25) is 14.3 Å². The number of aryl methyl sites for hydroxylation is 1. The molecule has 0 spiro atoms. The van der Waals surface area contributed by atoms with E-state index in [1.54, 1.807) is 4.90 Å². The number of aromatic nitrogens is 2. The van der Waals surface area contributed by atoms with Crippen LogP contribution < -0.4 is 0 Å². The van der Waals surface area contributed by atoms with Gasteiger partial charge in [-0.2, -0.15) is 5.10 Å². The summed E-state index contributed by atoms with van der Waals surface area (Å²) in [5, 5.41) is 14.1. The van der Waals surface area contributed by atoms with E-state index in [1.807, 2.05) is 31.5 Å². The Morgan fingerprint density at radius 3 is 2.42 bits per heavy atom. The summed E-state index contributed by atoms with van der Waals surface area (Å²) in [6.45, 7) is 10.7. The van der Waals surface area contributed by atoms with Gasteiger partial charge in [0.1, 0.15) is 0 Å². The first-order valence-corrected chi connectivity index (χ1v) is 8.85. The molecule has 1 aromatic rings. The quantitative estimate of drug-likeness (QED) is 0.866. The normalized spacial score (nSPS) is 21.0. The summed E-state index contributed by atoms with van der Waals surface area (Å²) in [6.07, 6.45) is 2.43. The molecule has 1 aromatic heterocycles. The summed E-state index contributed by atoms with van der Waals surface area (Å²) >= 11 is 0. The van der Waals surface area contributed by atoms with Crippen LogP contribution in [0.25, 0.3) is 0 Å². The number of carboxylic acid groups (broad SMARTS) is 1. The Morgan fingerprint density at radius 2 is 1.96 bits per heavy atom. The number of carboxylic acids is 1. The molecule has 1 aliphatic heterocycles. The van der Waals surface area contributed by atoms with Gasteiger partial charge in [-0.25, -0.2) is 0 Å². The highest BCUT2D eigenvalue weighted by atomic mass is 16.4. The highest BCUT2D eigenvalue weighted by molar-refractivity contribution is 5.93. The molecule has 1 unspecified atom stereocenters. The van der Waals surface area contributed by atoms with Gasteiger partial charge in [0.25, 0.3) is 5.91 Å². The summed E-state index contributed by atoms with van der Waals surface area (Å²) in [6, 6.07) is 2.11. The molecule has 1 saturated heterocycles. The molecule has 1 amide bonds. The van der Waals surface area contributed by atoms with Crippen molar-refractivity contribution < 1.29 is 14.7 Å². The number of likely N-dealkylation sites (tertiary alicyclic amines) is 1. The van der Waals surface area contributed by atoms with E-state index < -0.39 is 11.4 Å². The smallest absolute Gasteiger partial charge is 0.311 e. The second-order valence-corrected chi connectivity index (χ2v) is 7.18. The van der Waals surface area contributed by atoms with Crippen molar-refractivity contribution in [2.24, 2.45) is 11.3 Å². The SMILES string of the molecule is CCC(CC)n1nc(C(=O)N2CCC(C(=O)O)(C(C)C)C2)cc1C. The summed E-state index contributed by atoms with van der Waals surface area (Å²) in [7, 11) is 0. The minimum Gasteiger partial charge on any atom is -0.481 e. The van der Waals surface area contributed by atoms with Gasteiger partial charge >= 0.3 is 5.97 Å². The van der Waals surface area contributed by atoms with Crippen LogP contribution in [0, 0.1) is 18.3 Å². The monoisotopic (exact) mass is 335 g/mol. The van der Waals surface area contributed by atoms with Crippen LogP contribution in [0.4, 0.5) is 0 Å². The molecule has 1 atom stereocenters. The number of aliphatic carboxylic acids is 1. The van der Waals surface area contributed by atoms with Crippen molar-refractivity contribution in [3.63, 3.8) is 0 Å². The van der Waals surface area contributed by atoms with Crippen LogP contribution in [0.1, 0.15) is 69.2 Å². The molecule has 0 aliphatic carbocycles. The predicted octanol–water partition coefficient (Wildman–Crippen LogP) is 3.13.